The van der Waals surface area contributed by atoms with Gasteiger partial charge in [-0.1, -0.05) is 35.9 Å². The first-order valence-electron chi connectivity index (χ1n) is 11.7. The second kappa shape index (κ2) is 10.3. The molecule has 1 amide bonds. The zero-order valence-corrected chi connectivity index (χ0v) is 20.4. The number of amides is 1. The molecule has 2 aliphatic heterocycles. The number of carbonyl (C=O) groups excluding carboxylic acids is 1. The highest BCUT2D eigenvalue weighted by molar-refractivity contribution is 7.09. The molecule has 1 aromatic heterocycles. The smallest absolute Gasteiger partial charge is 0.225 e. The molecular weight excluding hydrogens is 473 g/mol. The molecule has 2 saturated heterocycles. The highest BCUT2D eigenvalue weighted by Gasteiger charge is 2.31. The van der Waals surface area contributed by atoms with Crippen LogP contribution in [0.15, 0.2) is 48.5 Å². The zero-order valence-electron chi connectivity index (χ0n) is 18.9. The second-order valence-electron chi connectivity index (χ2n) is 8.82. The van der Waals surface area contributed by atoms with Crippen LogP contribution in [0.5, 0.6) is 0 Å². The Kier molecular flexibility index (Phi) is 6.97. The van der Waals surface area contributed by atoms with Crippen molar-refractivity contribution >= 4 is 39.9 Å². The van der Waals surface area contributed by atoms with Crippen LogP contribution in [0, 0.1) is 11.7 Å². The van der Waals surface area contributed by atoms with Crippen molar-refractivity contribution in [3.63, 3.8) is 0 Å². The van der Waals surface area contributed by atoms with Crippen molar-refractivity contribution in [2.75, 3.05) is 49.1 Å². The normalized spacial score (nSPS) is 17.3. The number of aromatic nitrogens is 2. The van der Waals surface area contributed by atoms with E-state index in [2.05, 4.69) is 9.27 Å². The molecule has 9 heteroatoms. The number of piperidine rings is 1. The fourth-order valence-corrected chi connectivity index (χ4v) is 5.54. The topological polar surface area (TPSA) is 52.6 Å². The van der Waals surface area contributed by atoms with Crippen LogP contribution in [0.2, 0.25) is 5.02 Å². The van der Waals surface area contributed by atoms with Gasteiger partial charge in [-0.25, -0.2) is 9.37 Å². The minimum atomic E-state index is -0.206. The maximum absolute atomic E-state index is 14.1. The SMILES string of the molecule is O=C(C1CCN(c2nc(Cc3ccc(Cl)cc3)ns2)CC1)N1CCN(c2ccccc2F)CC1. The number of anilines is 2. The first-order valence-corrected chi connectivity index (χ1v) is 12.8. The molecule has 0 atom stereocenters. The van der Waals surface area contributed by atoms with Gasteiger partial charge >= 0.3 is 0 Å². The Morgan fingerprint density at radius 3 is 2.38 bits per heavy atom. The summed E-state index contributed by atoms with van der Waals surface area (Å²) >= 11 is 7.39. The average molecular weight is 500 g/mol. The third-order valence-electron chi connectivity index (χ3n) is 6.63. The van der Waals surface area contributed by atoms with Gasteiger partial charge in [-0.3, -0.25) is 4.79 Å². The summed E-state index contributed by atoms with van der Waals surface area (Å²) < 4.78 is 18.6. The molecular formula is C25H27ClFN5OS. The highest BCUT2D eigenvalue weighted by Crippen LogP contribution is 2.27. The van der Waals surface area contributed by atoms with Gasteiger partial charge in [-0.15, -0.1) is 0 Å². The first kappa shape index (κ1) is 23.1. The maximum atomic E-state index is 14.1. The molecule has 178 valence electrons. The van der Waals surface area contributed by atoms with E-state index in [-0.39, 0.29) is 17.6 Å². The van der Waals surface area contributed by atoms with Crippen LogP contribution in [-0.2, 0) is 11.2 Å². The van der Waals surface area contributed by atoms with Gasteiger partial charge in [0.15, 0.2) is 0 Å². The van der Waals surface area contributed by atoms with E-state index in [1.54, 1.807) is 12.1 Å². The van der Waals surface area contributed by atoms with E-state index >= 15 is 0 Å². The molecule has 2 fully saturated rings. The van der Waals surface area contributed by atoms with Crippen LogP contribution in [0.1, 0.15) is 24.2 Å². The summed E-state index contributed by atoms with van der Waals surface area (Å²) in [5.41, 5.74) is 1.75. The Morgan fingerprint density at radius 1 is 0.971 bits per heavy atom. The molecule has 0 aliphatic carbocycles. The van der Waals surface area contributed by atoms with Gasteiger partial charge in [-0.05, 0) is 42.7 Å². The fourth-order valence-electron chi connectivity index (χ4n) is 4.68. The average Bonchev–Trinajstić information content (AvgIpc) is 3.34. The Hall–Kier alpha value is -2.71. The maximum Gasteiger partial charge on any atom is 0.225 e. The van der Waals surface area contributed by atoms with Crippen LogP contribution in [-0.4, -0.2) is 59.4 Å². The molecule has 0 N–H and O–H groups in total. The molecule has 6 nitrogen and oxygen atoms in total. The van der Waals surface area contributed by atoms with Gasteiger partial charge in [0.2, 0.25) is 11.0 Å². The molecule has 0 bridgehead atoms. The predicted molar refractivity (Wildman–Crippen MR) is 134 cm³/mol. The number of hydrogen-bond acceptors (Lipinski definition) is 6. The van der Waals surface area contributed by atoms with Crippen molar-refractivity contribution in [3.8, 4) is 0 Å². The summed E-state index contributed by atoms with van der Waals surface area (Å²) in [5.74, 6) is 0.877. The lowest BCUT2D eigenvalue weighted by Crippen LogP contribution is -2.51. The number of para-hydroxylation sites is 1. The lowest BCUT2D eigenvalue weighted by molar-refractivity contribution is -0.136. The van der Waals surface area contributed by atoms with E-state index in [1.165, 1.54) is 17.6 Å². The van der Waals surface area contributed by atoms with Gasteiger partial charge in [0.05, 0.1) is 5.69 Å². The minimum absolute atomic E-state index is 0.0396. The Bertz CT molecular complexity index is 1120. The number of rotatable bonds is 5. The minimum Gasteiger partial charge on any atom is -0.366 e. The fraction of sp³-hybridized carbons (Fsp3) is 0.400. The number of halogens is 2. The van der Waals surface area contributed by atoms with Gasteiger partial charge in [0.1, 0.15) is 11.6 Å². The molecule has 2 aromatic carbocycles. The third kappa shape index (κ3) is 5.18. The Morgan fingerprint density at radius 2 is 1.68 bits per heavy atom. The van der Waals surface area contributed by atoms with Crippen LogP contribution < -0.4 is 9.80 Å². The standard InChI is InChI=1S/C25H27ClFN5OS/c26-20-7-5-18(6-8-20)17-23-28-25(34-29-23)32-11-9-19(10-12-32)24(33)31-15-13-30(14-16-31)22-4-2-1-3-21(22)27/h1-8,19H,9-17H2. The van der Waals surface area contributed by atoms with E-state index in [0.717, 1.165) is 47.5 Å². The summed E-state index contributed by atoms with van der Waals surface area (Å²) in [4.78, 5) is 24.1. The number of benzene rings is 2. The molecule has 0 radical (unpaired) electrons. The monoisotopic (exact) mass is 499 g/mol. The lowest BCUT2D eigenvalue weighted by Gasteiger charge is -2.39. The number of piperazine rings is 1. The van der Waals surface area contributed by atoms with E-state index < -0.39 is 0 Å². The molecule has 34 heavy (non-hydrogen) atoms. The Balaban J connectivity index is 1.11. The van der Waals surface area contributed by atoms with E-state index in [1.807, 2.05) is 40.1 Å². The first-order chi connectivity index (χ1) is 16.6. The van der Waals surface area contributed by atoms with Gasteiger partial charge in [0.25, 0.3) is 0 Å². The molecule has 5 rings (SSSR count). The van der Waals surface area contributed by atoms with Crippen molar-refractivity contribution < 1.29 is 9.18 Å². The molecule has 3 aromatic rings. The Labute approximate surface area is 208 Å². The summed E-state index contributed by atoms with van der Waals surface area (Å²) in [5, 5.41) is 1.65. The molecule has 0 unspecified atom stereocenters. The third-order valence-corrected chi connectivity index (χ3v) is 7.70. The van der Waals surface area contributed by atoms with Crippen LogP contribution >= 0.6 is 23.1 Å². The van der Waals surface area contributed by atoms with Crippen molar-refractivity contribution in [2.24, 2.45) is 5.92 Å². The van der Waals surface area contributed by atoms with E-state index in [0.29, 0.717) is 38.3 Å². The second-order valence-corrected chi connectivity index (χ2v) is 9.99. The number of nitrogens with zero attached hydrogens (tertiary/aromatic N) is 5. The summed E-state index contributed by atoms with van der Waals surface area (Å²) in [6.07, 6.45) is 2.32. The number of hydrogen-bond donors (Lipinski definition) is 0. The molecule has 2 aliphatic rings. The van der Waals surface area contributed by atoms with Crippen molar-refractivity contribution in [1.29, 1.82) is 0 Å². The summed E-state index contributed by atoms with van der Waals surface area (Å²) in [6.45, 7) is 4.21. The summed E-state index contributed by atoms with van der Waals surface area (Å²) in [7, 11) is 0. The van der Waals surface area contributed by atoms with Crippen molar-refractivity contribution in [3.05, 3.63) is 70.8 Å². The quantitative estimate of drug-likeness (QED) is 0.518. The molecule has 0 saturated carbocycles. The summed E-state index contributed by atoms with van der Waals surface area (Å²) in [6, 6.07) is 14.6. The predicted octanol–water partition coefficient (Wildman–Crippen LogP) is 4.49. The largest absolute Gasteiger partial charge is 0.366 e. The van der Waals surface area contributed by atoms with Crippen LogP contribution in [0.4, 0.5) is 15.2 Å². The van der Waals surface area contributed by atoms with Crippen LogP contribution in [0.25, 0.3) is 0 Å². The lowest BCUT2D eigenvalue weighted by atomic mass is 9.95. The van der Waals surface area contributed by atoms with Gasteiger partial charge in [0, 0.05) is 68.2 Å². The van der Waals surface area contributed by atoms with Crippen molar-refractivity contribution in [2.45, 2.75) is 19.3 Å². The van der Waals surface area contributed by atoms with E-state index in [9.17, 15) is 9.18 Å². The molecule has 0 spiro atoms. The molecule has 3 heterocycles. The van der Waals surface area contributed by atoms with E-state index in [4.69, 9.17) is 16.6 Å². The number of carbonyl (C=O) groups is 1. The van der Waals surface area contributed by atoms with Crippen molar-refractivity contribution in [1.82, 2.24) is 14.3 Å². The highest BCUT2D eigenvalue weighted by atomic mass is 35.5. The zero-order chi connectivity index (χ0) is 23.5. The van der Waals surface area contributed by atoms with Crippen LogP contribution in [0.3, 0.4) is 0 Å². The van der Waals surface area contributed by atoms with Gasteiger partial charge < -0.3 is 14.7 Å². The van der Waals surface area contributed by atoms with Gasteiger partial charge in [-0.2, -0.15) is 4.37 Å².